The van der Waals surface area contributed by atoms with Gasteiger partial charge >= 0.3 is 0 Å². The van der Waals surface area contributed by atoms with E-state index in [-0.39, 0.29) is 22.2 Å². The summed E-state index contributed by atoms with van der Waals surface area (Å²) in [5.41, 5.74) is 1.96. The van der Waals surface area contributed by atoms with Gasteiger partial charge in [-0.15, -0.1) is 5.10 Å². The summed E-state index contributed by atoms with van der Waals surface area (Å²) in [4.78, 5) is 4.41. The van der Waals surface area contributed by atoms with Gasteiger partial charge in [-0.3, -0.25) is 4.40 Å². The van der Waals surface area contributed by atoms with Gasteiger partial charge in [-0.25, -0.2) is 14.1 Å². The standard InChI is InChI=1S/C20H18Cl2FN5O2S/c1-4-31-20-24-9-11-5-6-12(21)18(27(11)20)19(29)17-10(2)28(26-25-17)15-7-13(22)16(30-3)8-14(15)23/h5-9,19,29H,4H2,1-3H3. The van der Waals surface area contributed by atoms with Crippen molar-refractivity contribution >= 4 is 40.5 Å². The van der Waals surface area contributed by atoms with E-state index in [1.807, 2.05) is 13.0 Å². The summed E-state index contributed by atoms with van der Waals surface area (Å²) in [6.07, 6.45) is 0.496. The number of aromatic nitrogens is 5. The Bertz CT molecular complexity index is 1280. The number of halogens is 3. The highest BCUT2D eigenvalue weighted by Gasteiger charge is 2.26. The van der Waals surface area contributed by atoms with Crippen LogP contribution in [0.2, 0.25) is 10.0 Å². The van der Waals surface area contributed by atoms with E-state index in [0.717, 1.165) is 11.3 Å². The Hall–Kier alpha value is -2.33. The number of rotatable bonds is 6. The van der Waals surface area contributed by atoms with E-state index in [9.17, 15) is 9.50 Å². The summed E-state index contributed by atoms with van der Waals surface area (Å²) in [5.74, 6) is 0.417. The summed E-state index contributed by atoms with van der Waals surface area (Å²) in [5, 5.41) is 20.7. The van der Waals surface area contributed by atoms with Gasteiger partial charge in [0.05, 0.1) is 40.3 Å². The molecule has 0 aliphatic heterocycles. The Morgan fingerprint density at radius 1 is 1.26 bits per heavy atom. The third kappa shape index (κ3) is 3.76. The van der Waals surface area contributed by atoms with Gasteiger partial charge in [-0.05, 0) is 30.9 Å². The van der Waals surface area contributed by atoms with Crippen LogP contribution in [0.3, 0.4) is 0 Å². The average molecular weight is 482 g/mol. The maximum absolute atomic E-state index is 14.7. The molecule has 3 aromatic heterocycles. The number of aliphatic hydroxyl groups is 1. The number of benzene rings is 1. The number of methoxy groups -OCH3 is 1. The molecule has 7 nitrogen and oxygen atoms in total. The Kier molecular flexibility index (Phi) is 6.11. The van der Waals surface area contributed by atoms with E-state index in [1.165, 1.54) is 35.7 Å². The van der Waals surface area contributed by atoms with Crippen LogP contribution in [0.1, 0.15) is 30.1 Å². The average Bonchev–Trinajstić information content (AvgIpc) is 3.33. The molecule has 3 heterocycles. The largest absolute Gasteiger partial charge is 0.495 e. The van der Waals surface area contributed by atoms with E-state index in [1.54, 1.807) is 23.6 Å². The molecule has 1 N–H and O–H groups in total. The van der Waals surface area contributed by atoms with Crippen LogP contribution in [0.15, 0.2) is 35.6 Å². The zero-order valence-electron chi connectivity index (χ0n) is 16.8. The highest BCUT2D eigenvalue weighted by Crippen LogP contribution is 2.34. The number of ether oxygens (including phenoxy) is 1. The molecular formula is C20H18Cl2FN5O2S. The number of thioether (sulfide) groups is 1. The molecule has 0 amide bonds. The molecule has 0 radical (unpaired) electrons. The maximum atomic E-state index is 14.7. The van der Waals surface area contributed by atoms with Gasteiger partial charge in [-0.1, -0.05) is 47.1 Å². The number of aliphatic hydroxyl groups excluding tert-OH is 1. The first-order valence-corrected chi connectivity index (χ1v) is 11.0. The predicted octanol–water partition coefficient (Wildman–Crippen LogP) is 4.87. The summed E-state index contributed by atoms with van der Waals surface area (Å²) in [6.45, 7) is 3.69. The smallest absolute Gasteiger partial charge is 0.172 e. The van der Waals surface area contributed by atoms with E-state index in [4.69, 9.17) is 27.9 Å². The van der Waals surface area contributed by atoms with Gasteiger partial charge in [0.2, 0.25) is 0 Å². The minimum absolute atomic E-state index is 0.0865. The minimum Gasteiger partial charge on any atom is -0.495 e. The van der Waals surface area contributed by atoms with Crippen molar-refractivity contribution in [3.8, 4) is 11.4 Å². The van der Waals surface area contributed by atoms with Gasteiger partial charge in [0, 0.05) is 6.07 Å². The molecule has 31 heavy (non-hydrogen) atoms. The van der Waals surface area contributed by atoms with Crippen LogP contribution >= 0.6 is 35.0 Å². The van der Waals surface area contributed by atoms with Gasteiger partial charge < -0.3 is 9.84 Å². The minimum atomic E-state index is -1.22. The molecule has 0 fully saturated rings. The van der Waals surface area contributed by atoms with Crippen LogP contribution < -0.4 is 4.74 Å². The van der Waals surface area contributed by atoms with Crippen LogP contribution in [0.25, 0.3) is 11.2 Å². The molecule has 4 aromatic rings. The van der Waals surface area contributed by atoms with E-state index < -0.39 is 11.9 Å². The molecule has 0 spiro atoms. The van der Waals surface area contributed by atoms with E-state index in [0.29, 0.717) is 21.6 Å². The van der Waals surface area contributed by atoms with E-state index in [2.05, 4.69) is 15.3 Å². The monoisotopic (exact) mass is 481 g/mol. The molecule has 0 saturated heterocycles. The molecule has 1 atom stereocenters. The van der Waals surface area contributed by atoms with Crippen molar-refractivity contribution in [1.29, 1.82) is 0 Å². The summed E-state index contributed by atoms with van der Waals surface area (Å²) >= 11 is 14.2. The SMILES string of the molecule is CCSc1ncc2ccc(Cl)c(C(O)c3nnn(-c4cc(Cl)c(OC)cc4F)c3C)n12. The molecule has 4 rings (SSSR count). The molecule has 11 heteroatoms. The van der Waals surface area contributed by atoms with Crippen LogP contribution in [-0.4, -0.2) is 42.3 Å². The number of fused-ring (bicyclic) bond motifs is 1. The number of hydrogen-bond acceptors (Lipinski definition) is 6. The predicted molar refractivity (Wildman–Crippen MR) is 118 cm³/mol. The number of imidazole rings is 1. The maximum Gasteiger partial charge on any atom is 0.172 e. The lowest BCUT2D eigenvalue weighted by atomic mass is 10.1. The van der Waals surface area contributed by atoms with Crippen molar-refractivity contribution in [2.45, 2.75) is 25.1 Å². The Morgan fingerprint density at radius 3 is 2.74 bits per heavy atom. The lowest BCUT2D eigenvalue weighted by Gasteiger charge is -2.16. The number of nitrogens with zero attached hydrogens (tertiary/aromatic N) is 5. The quantitative estimate of drug-likeness (QED) is 0.395. The second-order valence-corrected chi connectivity index (χ2v) is 8.66. The summed E-state index contributed by atoms with van der Waals surface area (Å²) in [6, 6.07) is 6.09. The summed E-state index contributed by atoms with van der Waals surface area (Å²) in [7, 11) is 1.40. The molecule has 0 bridgehead atoms. The zero-order valence-corrected chi connectivity index (χ0v) is 19.1. The van der Waals surface area contributed by atoms with Crippen molar-refractivity contribution in [3.63, 3.8) is 0 Å². The van der Waals surface area contributed by atoms with Crippen LogP contribution in [0.4, 0.5) is 4.39 Å². The third-order valence-electron chi connectivity index (χ3n) is 4.81. The molecule has 0 saturated carbocycles. The Morgan fingerprint density at radius 2 is 2.03 bits per heavy atom. The Balaban J connectivity index is 1.83. The molecule has 0 aliphatic rings. The molecule has 1 unspecified atom stereocenters. The first kappa shape index (κ1) is 21.9. The molecule has 1 aromatic carbocycles. The first-order chi connectivity index (χ1) is 14.9. The van der Waals surface area contributed by atoms with Crippen molar-refractivity contribution in [3.05, 3.63) is 63.4 Å². The van der Waals surface area contributed by atoms with Crippen molar-refractivity contribution < 1.29 is 14.2 Å². The lowest BCUT2D eigenvalue weighted by molar-refractivity contribution is 0.207. The fourth-order valence-electron chi connectivity index (χ4n) is 3.33. The highest BCUT2D eigenvalue weighted by molar-refractivity contribution is 7.99. The Labute approximate surface area is 191 Å². The van der Waals surface area contributed by atoms with Gasteiger partial charge in [0.15, 0.2) is 11.0 Å². The van der Waals surface area contributed by atoms with E-state index >= 15 is 0 Å². The second kappa shape index (κ2) is 8.66. The second-order valence-electron chi connectivity index (χ2n) is 6.61. The highest BCUT2D eigenvalue weighted by atomic mass is 35.5. The topological polar surface area (TPSA) is 77.5 Å². The van der Waals surface area contributed by atoms with Crippen LogP contribution in [0.5, 0.6) is 5.75 Å². The fourth-order valence-corrected chi connectivity index (χ4v) is 4.53. The lowest BCUT2D eigenvalue weighted by Crippen LogP contribution is -2.10. The van der Waals surface area contributed by atoms with Crippen molar-refractivity contribution in [2.24, 2.45) is 0 Å². The molecule has 162 valence electrons. The van der Waals surface area contributed by atoms with Crippen LogP contribution in [0, 0.1) is 12.7 Å². The third-order valence-corrected chi connectivity index (χ3v) is 6.26. The summed E-state index contributed by atoms with van der Waals surface area (Å²) < 4.78 is 22.8. The van der Waals surface area contributed by atoms with Crippen molar-refractivity contribution in [1.82, 2.24) is 24.4 Å². The fraction of sp³-hybridized carbons (Fsp3) is 0.250. The zero-order chi connectivity index (χ0) is 22.3. The molecule has 0 aliphatic carbocycles. The molecular weight excluding hydrogens is 464 g/mol. The van der Waals surface area contributed by atoms with Crippen LogP contribution in [-0.2, 0) is 0 Å². The van der Waals surface area contributed by atoms with Gasteiger partial charge in [0.25, 0.3) is 0 Å². The number of hydrogen-bond donors (Lipinski definition) is 1. The number of pyridine rings is 1. The van der Waals surface area contributed by atoms with Gasteiger partial charge in [0.1, 0.15) is 23.2 Å². The van der Waals surface area contributed by atoms with Gasteiger partial charge in [-0.2, -0.15) is 0 Å². The normalized spacial score (nSPS) is 12.5. The first-order valence-electron chi connectivity index (χ1n) is 9.29. The van der Waals surface area contributed by atoms with Crippen molar-refractivity contribution in [2.75, 3.05) is 12.9 Å².